The second-order valence-corrected chi connectivity index (χ2v) is 6.51. The summed E-state index contributed by atoms with van der Waals surface area (Å²) in [4.78, 5) is 2.61. The van der Waals surface area contributed by atoms with Crippen molar-refractivity contribution in [3.8, 4) is 5.75 Å². The van der Waals surface area contributed by atoms with Gasteiger partial charge in [0.05, 0.1) is 6.61 Å². The molecule has 1 fully saturated rings. The molecule has 0 amide bonds. The van der Waals surface area contributed by atoms with Crippen LogP contribution in [0, 0.1) is 5.92 Å². The highest BCUT2D eigenvalue weighted by Gasteiger charge is 2.26. The highest BCUT2D eigenvalue weighted by molar-refractivity contribution is 5.39. The van der Waals surface area contributed by atoms with Crippen LogP contribution < -0.4 is 10.5 Å². The molecular formula is C18H28N2O. The number of likely N-dealkylation sites (tertiary alicyclic amines) is 1. The fraction of sp³-hybridized carbons (Fsp3) is 0.667. The van der Waals surface area contributed by atoms with E-state index in [1.54, 1.807) is 0 Å². The number of hydrogen-bond donors (Lipinski definition) is 1. The third-order valence-electron chi connectivity index (χ3n) is 5.24. The Bertz CT molecular complexity index is 474. The van der Waals surface area contributed by atoms with Crippen LogP contribution in [0.3, 0.4) is 0 Å². The summed E-state index contributed by atoms with van der Waals surface area (Å²) in [6.07, 6.45) is 6.11. The van der Waals surface area contributed by atoms with Crippen LogP contribution in [0.25, 0.3) is 0 Å². The molecule has 0 radical (unpaired) electrons. The Morgan fingerprint density at radius 3 is 3.10 bits per heavy atom. The molecule has 2 unspecified atom stereocenters. The van der Waals surface area contributed by atoms with Crippen LogP contribution in [0.4, 0.5) is 0 Å². The number of ether oxygens (including phenoxy) is 1. The van der Waals surface area contributed by atoms with E-state index in [4.69, 9.17) is 10.5 Å². The molecule has 3 nitrogen and oxygen atoms in total. The van der Waals surface area contributed by atoms with Gasteiger partial charge in [0.25, 0.3) is 0 Å². The van der Waals surface area contributed by atoms with Crippen molar-refractivity contribution in [2.45, 2.75) is 45.1 Å². The molecule has 2 aliphatic heterocycles. The van der Waals surface area contributed by atoms with E-state index in [2.05, 4.69) is 30.0 Å². The zero-order chi connectivity index (χ0) is 14.7. The summed E-state index contributed by atoms with van der Waals surface area (Å²) in [5.41, 5.74) is 8.81. The van der Waals surface area contributed by atoms with Crippen molar-refractivity contribution in [2.24, 2.45) is 11.7 Å². The normalized spacial score (nSPS) is 25.6. The lowest BCUT2D eigenvalue weighted by atomic mass is 9.88. The summed E-state index contributed by atoms with van der Waals surface area (Å²) in [5.74, 6) is 1.97. The van der Waals surface area contributed by atoms with E-state index in [9.17, 15) is 0 Å². The maximum atomic E-state index is 6.00. The standard InChI is InChI=1S/C18H28N2O/c1-2-14-5-8-20(17(12-14)13-19)9-6-15-3-4-18-16(11-15)7-10-21-18/h3-4,11,14,17H,2,5-10,12-13,19H2,1H3. The minimum atomic E-state index is 0.585. The number of nitrogens with two attached hydrogens (primary N) is 1. The highest BCUT2D eigenvalue weighted by Crippen LogP contribution is 2.27. The fourth-order valence-corrected chi connectivity index (χ4v) is 3.76. The van der Waals surface area contributed by atoms with Crippen LogP contribution in [-0.4, -0.2) is 37.2 Å². The van der Waals surface area contributed by atoms with Gasteiger partial charge in [0.1, 0.15) is 5.75 Å². The van der Waals surface area contributed by atoms with E-state index in [0.29, 0.717) is 6.04 Å². The second kappa shape index (κ2) is 6.80. The Morgan fingerprint density at radius 2 is 2.29 bits per heavy atom. The summed E-state index contributed by atoms with van der Waals surface area (Å²) in [7, 11) is 0. The number of piperidine rings is 1. The molecule has 0 aliphatic carbocycles. The predicted octanol–water partition coefficient (Wildman–Crippen LogP) is 2.61. The Balaban J connectivity index is 1.57. The summed E-state index contributed by atoms with van der Waals surface area (Å²) >= 11 is 0. The molecule has 2 heterocycles. The van der Waals surface area contributed by atoms with E-state index in [1.807, 2.05) is 0 Å². The van der Waals surface area contributed by atoms with E-state index < -0.39 is 0 Å². The Hall–Kier alpha value is -1.06. The van der Waals surface area contributed by atoms with E-state index >= 15 is 0 Å². The lowest BCUT2D eigenvalue weighted by Gasteiger charge is -2.39. The Labute approximate surface area is 128 Å². The van der Waals surface area contributed by atoms with Crippen molar-refractivity contribution in [1.82, 2.24) is 4.90 Å². The first-order valence-electron chi connectivity index (χ1n) is 8.49. The summed E-state index contributed by atoms with van der Waals surface area (Å²) < 4.78 is 5.58. The van der Waals surface area contributed by atoms with Gasteiger partial charge < -0.3 is 10.5 Å². The summed E-state index contributed by atoms with van der Waals surface area (Å²) in [6, 6.07) is 7.28. The van der Waals surface area contributed by atoms with Crippen LogP contribution in [0.1, 0.15) is 37.3 Å². The van der Waals surface area contributed by atoms with Crippen molar-refractivity contribution >= 4 is 0 Å². The molecule has 2 aliphatic rings. The largest absolute Gasteiger partial charge is 0.493 e. The molecule has 0 aromatic heterocycles. The van der Waals surface area contributed by atoms with Gasteiger partial charge in [-0.05, 0) is 48.9 Å². The number of hydrogen-bond acceptors (Lipinski definition) is 3. The number of rotatable bonds is 5. The van der Waals surface area contributed by atoms with Gasteiger partial charge in [-0.1, -0.05) is 25.5 Å². The molecule has 2 atom stereocenters. The Kier molecular flexibility index (Phi) is 4.81. The van der Waals surface area contributed by atoms with Crippen molar-refractivity contribution in [3.63, 3.8) is 0 Å². The van der Waals surface area contributed by atoms with Crippen LogP contribution in [0.15, 0.2) is 18.2 Å². The van der Waals surface area contributed by atoms with Crippen molar-refractivity contribution in [2.75, 3.05) is 26.2 Å². The van der Waals surface area contributed by atoms with E-state index in [0.717, 1.165) is 44.2 Å². The second-order valence-electron chi connectivity index (χ2n) is 6.51. The third-order valence-corrected chi connectivity index (χ3v) is 5.24. The van der Waals surface area contributed by atoms with Crippen molar-refractivity contribution < 1.29 is 4.74 Å². The average molecular weight is 288 g/mol. The molecular weight excluding hydrogens is 260 g/mol. The maximum Gasteiger partial charge on any atom is 0.122 e. The predicted molar refractivity (Wildman–Crippen MR) is 86.8 cm³/mol. The van der Waals surface area contributed by atoms with Gasteiger partial charge in [-0.3, -0.25) is 4.90 Å². The average Bonchev–Trinajstić information content (AvgIpc) is 3.00. The van der Waals surface area contributed by atoms with Gasteiger partial charge in [0.2, 0.25) is 0 Å². The molecule has 2 N–H and O–H groups in total. The van der Waals surface area contributed by atoms with E-state index in [-0.39, 0.29) is 0 Å². The van der Waals surface area contributed by atoms with Gasteiger partial charge in [-0.25, -0.2) is 0 Å². The van der Waals surface area contributed by atoms with Gasteiger partial charge in [0, 0.05) is 25.6 Å². The highest BCUT2D eigenvalue weighted by atomic mass is 16.5. The van der Waals surface area contributed by atoms with Gasteiger partial charge in [-0.15, -0.1) is 0 Å². The maximum absolute atomic E-state index is 6.00. The van der Waals surface area contributed by atoms with Crippen LogP contribution in [0.5, 0.6) is 5.75 Å². The van der Waals surface area contributed by atoms with Crippen molar-refractivity contribution in [3.05, 3.63) is 29.3 Å². The number of fused-ring (bicyclic) bond motifs is 1. The van der Waals surface area contributed by atoms with Crippen LogP contribution in [-0.2, 0) is 12.8 Å². The van der Waals surface area contributed by atoms with Gasteiger partial charge >= 0.3 is 0 Å². The first kappa shape index (κ1) is 14.9. The molecule has 21 heavy (non-hydrogen) atoms. The molecule has 1 aromatic carbocycles. The minimum absolute atomic E-state index is 0.585. The lowest BCUT2D eigenvalue weighted by molar-refractivity contribution is 0.116. The van der Waals surface area contributed by atoms with Gasteiger partial charge in [0.15, 0.2) is 0 Å². The first-order chi connectivity index (χ1) is 10.3. The Morgan fingerprint density at radius 1 is 1.38 bits per heavy atom. The summed E-state index contributed by atoms with van der Waals surface area (Å²) in [6.45, 7) is 6.31. The third kappa shape index (κ3) is 3.41. The quantitative estimate of drug-likeness (QED) is 0.905. The molecule has 116 valence electrons. The minimum Gasteiger partial charge on any atom is -0.493 e. The number of nitrogens with zero attached hydrogens (tertiary/aromatic N) is 1. The zero-order valence-corrected chi connectivity index (χ0v) is 13.2. The lowest BCUT2D eigenvalue weighted by Crippen LogP contribution is -2.47. The first-order valence-corrected chi connectivity index (χ1v) is 8.49. The molecule has 0 spiro atoms. The van der Waals surface area contributed by atoms with Crippen molar-refractivity contribution in [1.29, 1.82) is 0 Å². The fourth-order valence-electron chi connectivity index (χ4n) is 3.76. The number of benzene rings is 1. The monoisotopic (exact) mass is 288 g/mol. The molecule has 0 saturated carbocycles. The van der Waals surface area contributed by atoms with Crippen LogP contribution >= 0.6 is 0 Å². The molecule has 1 saturated heterocycles. The topological polar surface area (TPSA) is 38.5 Å². The molecule has 0 bridgehead atoms. The van der Waals surface area contributed by atoms with Gasteiger partial charge in [-0.2, -0.15) is 0 Å². The van der Waals surface area contributed by atoms with E-state index in [1.165, 1.54) is 36.9 Å². The zero-order valence-electron chi connectivity index (χ0n) is 13.2. The smallest absolute Gasteiger partial charge is 0.122 e. The molecule has 3 rings (SSSR count). The summed E-state index contributed by atoms with van der Waals surface area (Å²) in [5, 5.41) is 0. The SMILES string of the molecule is CCC1CCN(CCc2ccc3c(c2)CCO3)C(CN)C1. The molecule has 1 aromatic rings. The molecule has 3 heteroatoms. The van der Waals surface area contributed by atoms with Crippen LogP contribution in [0.2, 0.25) is 0 Å².